The fourth-order valence-corrected chi connectivity index (χ4v) is 3.67. The van der Waals surface area contributed by atoms with Crippen LogP contribution in [0, 0.1) is 11.3 Å². The van der Waals surface area contributed by atoms with Crippen molar-refractivity contribution in [3.05, 3.63) is 83.2 Å². The molecule has 0 atom stereocenters. The second-order valence-corrected chi connectivity index (χ2v) is 6.66. The van der Waals surface area contributed by atoms with E-state index in [1.165, 1.54) is 0 Å². The summed E-state index contributed by atoms with van der Waals surface area (Å²) in [5.74, 6) is 4.37. The molecule has 3 aromatic carbocycles. The number of nitrogens with two attached hydrogens (primary N) is 1. The van der Waals surface area contributed by atoms with Gasteiger partial charge in [0.15, 0.2) is 5.84 Å². The first-order valence-corrected chi connectivity index (χ1v) is 8.86. The van der Waals surface area contributed by atoms with Crippen LogP contribution < -0.4 is 5.84 Å². The van der Waals surface area contributed by atoms with Crippen LogP contribution in [0.3, 0.4) is 0 Å². The van der Waals surface area contributed by atoms with Crippen LogP contribution in [0.2, 0.25) is 0 Å². The molecule has 0 saturated heterocycles. The van der Waals surface area contributed by atoms with Gasteiger partial charge in [0.1, 0.15) is 5.82 Å². The maximum absolute atomic E-state index is 14.5. The van der Waals surface area contributed by atoms with Gasteiger partial charge in [-0.25, -0.2) is 9.92 Å². The highest BCUT2D eigenvalue weighted by molar-refractivity contribution is 6.11. The number of nitrogens with one attached hydrogen (secondary N) is 1. The lowest BCUT2D eigenvalue weighted by Gasteiger charge is -2.15. The quantitative estimate of drug-likeness (QED) is 0.112. The lowest BCUT2D eigenvalue weighted by Crippen LogP contribution is -2.13. The number of alkyl halides is 3. The zero-order valence-corrected chi connectivity index (χ0v) is 15.4. The molecule has 4 rings (SSSR count). The Morgan fingerprint density at radius 3 is 2.40 bits per heavy atom. The molecule has 0 aliphatic rings. The van der Waals surface area contributed by atoms with Crippen molar-refractivity contribution >= 4 is 27.6 Å². The number of hydrazone groups is 1. The van der Waals surface area contributed by atoms with Gasteiger partial charge in [-0.3, -0.25) is 0 Å². The van der Waals surface area contributed by atoms with Crippen molar-refractivity contribution in [1.29, 1.82) is 5.53 Å². The molecule has 0 unspecified atom stereocenters. The van der Waals surface area contributed by atoms with Gasteiger partial charge < -0.3 is 10.4 Å². The molecule has 4 aromatic rings. The van der Waals surface area contributed by atoms with E-state index in [0.717, 1.165) is 23.6 Å². The van der Waals surface area contributed by atoms with E-state index in [0.29, 0.717) is 22.0 Å². The molecular weight excluding hydrogens is 398 g/mol. The van der Waals surface area contributed by atoms with Crippen molar-refractivity contribution in [1.82, 2.24) is 4.57 Å². The Bertz CT molecular complexity index is 1300. The maximum Gasteiger partial charge on any atom is 0.416 e. The summed E-state index contributed by atoms with van der Waals surface area (Å²) in [6, 6.07) is 15.1. The lowest BCUT2D eigenvalue weighted by molar-refractivity contribution is -0.138. The number of hydrogen-bond acceptors (Lipinski definition) is 3. The Balaban J connectivity index is 1.98. The summed E-state index contributed by atoms with van der Waals surface area (Å²) in [5.41, 5.74) is 7.50. The molecule has 1 heterocycles. The van der Waals surface area contributed by atoms with Crippen LogP contribution in [0.15, 0.2) is 70.9 Å². The highest BCUT2D eigenvalue weighted by Gasteiger charge is 2.34. The largest absolute Gasteiger partial charge is 0.416 e. The van der Waals surface area contributed by atoms with Crippen LogP contribution in [0.25, 0.3) is 21.8 Å². The molecule has 3 N–H and O–H groups in total. The zero-order chi connectivity index (χ0) is 21.5. The number of benzene rings is 3. The van der Waals surface area contributed by atoms with Crippen molar-refractivity contribution in [2.24, 2.45) is 16.1 Å². The first-order chi connectivity index (χ1) is 14.3. The molecule has 0 amide bonds. The van der Waals surface area contributed by atoms with E-state index in [1.807, 2.05) is 6.07 Å². The second kappa shape index (κ2) is 7.25. The molecule has 0 saturated carbocycles. The van der Waals surface area contributed by atoms with Gasteiger partial charge in [-0.05, 0) is 36.4 Å². The smallest absolute Gasteiger partial charge is 0.336 e. The van der Waals surface area contributed by atoms with E-state index in [1.54, 1.807) is 41.0 Å². The highest BCUT2D eigenvalue weighted by atomic mass is 19.4. The van der Waals surface area contributed by atoms with Gasteiger partial charge in [0, 0.05) is 32.9 Å². The molecule has 0 aliphatic heterocycles. The van der Waals surface area contributed by atoms with Gasteiger partial charge in [0.05, 0.1) is 12.1 Å². The Morgan fingerprint density at radius 1 is 0.967 bits per heavy atom. The molecule has 0 bridgehead atoms. The molecule has 0 spiro atoms. The number of para-hydroxylation sites is 1. The number of rotatable bonds is 3. The minimum Gasteiger partial charge on any atom is -0.336 e. The average Bonchev–Trinajstić information content (AvgIpc) is 3.03. The lowest BCUT2D eigenvalue weighted by atomic mass is 10.1. The van der Waals surface area contributed by atoms with Crippen molar-refractivity contribution in [2.45, 2.75) is 12.7 Å². The second-order valence-electron chi connectivity index (χ2n) is 6.66. The summed E-state index contributed by atoms with van der Waals surface area (Å²) in [4.78, 5) is 0. The molecular formula is C21H15F4N5. The molecule has 1 aromatic heterocycles. The summed E-state index contributed by atoms with van der Waals surface area (Å²) in [5, 5.41) is 8.22. The van der Waals surface area contributed by atoms with Crippen molar-refractivity contribution < 1.29 is 17.6 Å². The molecule has 9 heteroatoms. The predicted octanol–water partition coefficient (Wildman–Crippen LogP) is 5.65. The first-order valence-electron chi connectivity index (χ1n) is 8.86. The average molecular weight is 413 g/mol. The molecule has 0 fully saturated rings. The van der Waals surface area contributed by atoms with Crippen molar-refractivity contribution in [3.8, 4) is 0 Å². The van der Waals surface area contributed by atoms with Crippen molar-refractivity contribution in [2.75, 3.05) is 0 Å². The van der Waals surface area contributed by atoms with Gasteiger partial charge in [0.25, 0.3) is 0 Å². The summed E-state index contributed by atoms with van der Waals surface area (Å²) >= 11 is 0. The third-order valence-electron chi connectivity index (χ3n) is 5.00. The zero-order valence-electron chi connectivity index (χ0n) is 15.4. The third-order valence-corrected chi connectivity index (χ3v) is 5.00. The molecule has 5 nitrogen and oxygen atoms in total. The minimum atomic E-state index is -4.68. The third kappa shape index (κ3) is 3.18. The van der Waals surface area contributed by atoms with Crippen LogP contribution in [-0.4, -0.2) is 10.4 Å². The summed E-state index contributed by atoms with van der Waals surface area (Å²) < 4.78 is 56.5. The number of fused-ring (bicyclic) bond motifs is 3. The minimum absolute atomic E-state index is 0.0159. The van der Waals surface area contributed by atoms with Gasteiger partial charge in [-0.1, -0.05) is 24.3 Å². The van der Waals surface area contributed by atoms with Crippen LogP contribution in [0.5, 0.6) is 0 Å². The molecule has 30 heavy (non-hydrogen) atoms. The monoisotopic (exact) mass is 413 g/mol. The number of amidine groups is 1. The van der Waals surface area contributed by atoms with E-state index in [2.05, 4.69) is 10.2 Å². The predicted molar refractivity (Wildman–Crippen MR) is 106 cm³/mol. The Hall–Kier alpha value is -3.75. The SMILES string of the molecule is N=N/C(=N\N)c1ccc2c(c1)c1ccccc1n2Cc1c(F)cccc1C(F)(F)F. The maximum atomic E-state index is 14.5. The normalized spacial score (nSPS) is 12.6. The summed E-state index contributed by atoms with van der Waals surface area (Å²) in [6.45, 7) is -0.300. The van der Waals surface area contributed by atoms with Gasteiger partial charge in [-0.15, -0.1) is 5.11 Å². The number of halogens is 4. The van der Waals surface area contributed by atoms with E-state index in [9.17, 15) is 17.6 Å². The van der Waals surface area contributed by atoms with E-state index in [-0.39, 0.29) is 12.4 Å². The van der Waals surface area contributed by atoms with Crippen LogP contribution in [0.4, 0.5) is 17.6 Å². The van der Waals surface area contributed by atoms with Crippen LogP contribution >= 0.6 is 0 Å². The van der Waals surface area contributed by atoms with Crippen molar-refractivity contribution in [3.63, 3.8) is 0 Å². The van der Waals surface area contributed by atoms with Gasteiger partial charge in [0.2, 0.25) is 0 Å². The van der Waals surface area contributed by atoms with Crippen LogP contribution in [0.1, 0.15) is 16.7 Å². The van der Waals surface area contributed by atoms with E-state index >= 15 is 0 Å². The Kier molecular flexibility index (Phi) is 4.73. The van der Waals surface area contributed by atoms with E-state index < -0.39 is 23.1 Å². The first kappa shape index (κ1) is 19.6. The van der Waals surface area contributed by atoms with Gasteiger partial charge in [-0.2, -0.15) is 18.3 Å². The number of hydrogen-bond donors (Lipinski definition) is 2. The Morgan fingerprint density at radius 2 is 1.70 bits per heavy atom. The number of nitrogens with zero attached hydrogens (tertiary/aromatic N) is 3. The molecule has 152 valence electrons. The Labute approximate surface area is 167 Å². The standard InChI is InChI=1S/C21H15F4N5/c22-17-6-3-5-16(21(23,24)25)15(17)11-30-18-7-2-1-4-13(18)14-10-12(8-9-19(14)30)20(28-26)29-27/h1-10,26H,11,27H2/b28-26?,29-20-. The fourth-order valence-electron chi connectivity index (χ4n) is 3.67. The number of aromatic nitrogens is 1. The van der Waals surface area contributed by atoms with Gasteiger partial charge >= 0.3 is 6.18 Å². The summed E-state index contributed by atoms with van der Waals surface area (Å²) in [7, 11) is 0. The molecule has 0 radical (unpaired) electrons. The molecule has 0 aliphatic carbocycles. The fraction of sp³-hybridized carbons (Fsp3) is 0.0952. The summed E-state index contributed by atoms with van der Waals surface area (Å²) in [6.07, 6.45) is -4.68. The topological polar surface area (TPSA) is 79.5 Å². The van der Waals surface area contributed by atoms with E-state index in [4.69, 9.17) is 11.4 Å². The highest BCUT2D eigenvalue weighted by Crippen LogP contribution is 2.36. The van der Waals surface area contributed by atoms with Crippen LogP contribution in [-0.2, 0) is 12.7 Å².